The standard InChI is InChI=1S/C16H30N2O3/c1-6-13(17(4)5)14(19)18-9-7-16(8-10-18)20-11-15(2,3)12-21-16/h13H,6-12H2,1-5H3/t13-/m0/s1. The number of rotatable bonds is 3. The zero-order chi connectivity index (χ0) is 15.7. The molecule has 0 saturated carbocycles. The first-order valence-corrected chi connectivity index (χ1v) is 8.02. The Morgan fingerprint density at radius 1 is 1.19 bits per heavy atom. The summed E-state index contributed by atoms with van der Waals surface area (Å²) >= 11 is 0. The summed E-state index contributed by atoms with van der Waals surface area (Å²) in [4.78, 5) is 16.5. The molecular formula is C16H30N2O3. The Morgan fingerprint density at radius 3 is 2.14 bits per heavy atom. The smallest absolute Gasteiger partial charge is 0.239 e. The van der Waals surface area contributed by atoms with Gasteiger partial charge in [-0.2, -0.15) is 0 Å². The molecule has 2 heterocycles. The molecule has 2 aliphatic heterocycles. The van der Waals surface area contributed by atoms with Crippen LogP contribution in [0.5, 0.6) is 0 Å². The van der Waals surface area contributed by atoms with Gasteiger partial charge >= 0.3 is 0 Å². The Labute approximate surface area is 128 Å². The third-order valence-corrected chi connectivity index (χ3v) is 4.58. The van der Waals surface area contributed by atoms with Crippen molar-refractivity contribution in [1.82, 2.24) is 9.80 Å². The lowest BCUT2D eigenvalue weighted by atomic mass is 9.92. The van der Waals surface area contributed by atoms with E-state index in [0.29, 0.717) is 0 Å². The van der Waals surface area contributed by atoms with Gasteiger partial charge < -0.3 is 14.4 Å². The molecule has 0 aromatic carbocycles. The fourth-order valence-electron chi connectivity index (χ4n) is 3.06. The number of ether oxygens (including phenoxy) is 2. The molecule has 5 heteroatoms. The van der Waals surface area contributed by atoms with E-state index in [4.69, 9.17) is 9.47 Å². The van der Waals surface area contributed by atoms with Gasteiger partial charge in [0.2, 0.25) is 5.91 Å². The Bertz CT molecular complexity index is 362. The lowest BCUT2D eigenvalue weighted by Gasteiger charge is -2.47. The summed E-state index contributed by atoms with van der Waals surface area (Å²) in [6.45, 7) is 9.28. The number of piperidine rings is 1. The van der Waals surface area contributed by atoms with Gasteiger partial charge in [0.1, 0.15) is 0 Å². The van der Waals surface area contributed by atoms with E-state index in [0.717, 1.165) is 45.6 Å². The van der Waals surface area contributed by atoms with Crippen LogP contribution in [0, 0.1) is 5.41 Å². The van der Waals surface area contributed by atoms with Crippen LogP contribution < -0.4 is 0 Å². The molecule has 2 saturated heterocycles. The summed E-state index contributed by atoms with van der Waals surface area (Å²) in [5, 5.41) is 0. The van der Waals surface area contributed by atoms with Crippen molar-refractivity contribution in [1.29, 1.82) is 0 Å². The van der Waals surface area contributed by atoms with E-state index < -0.39 is 5.79 Å². The molecule has 2 aliphatic rings. The topological polar surface area (TPSA) is 42.0 Å². The molecule has 5 nitrogen and oxygen atoms in total. The van der Waals surface area contributed by atoms with Crippen LogP contribution in [0.3, 0.4) is 0 Å². The third-order valence-electron chi connectivity index (χ3n) is 4.58. The molecule has 21 heavy (non-hydrogen) atoms. The predicted octanol–water partition coefficient (Wildman–Crippen LogP) is 1.72. The molecule has 1 spiro atoms. The largest absolute Gasteiger partial charge is 0.349 e. The van der Waals surface area contributed by atoms with E-state index >= 15 is 0 Å². The van der Waals surface area contributed by atoms with Gasteiger partial charge in [-0.05, 0) is 20.5 Å². The molecule has 2 fully saturated rings. The minimum Gasteiger partial charge on any atom is -0.349 e. The number of amides is 1. The van der Waals surface area contributed by atoms with Gasteiger partial charge in [0.25, 0.3) is 0 Å². The lowest BCUT2D eigenvalue weighted by molar-refractivity contribution is -0.312. The fourth-order valence-corrected chi connectivity index (χ4v) is 3.06. The molecule has 0 radical (unpaired) electrons. The highest BCUT2D eigenvalue weighted by Gasteiger charge is 2.44. The van der Waals surface area contributed by atoms with Gasteiger partial charge in [0.15, 0.2) is 5.79 Å². The molecule has 1 amide bonds. The SMILES string of the molecule is CC[C@@H](C(=O)N1CCC2(CC1)OCC(C)(C)CO2)N(C)C. The summed E-state index contributed by atoms with van der Waals surface area (Å²) in [5.41, 5.74) is 0.0937. The summed E-state index contributed by atoms with van der Waals surface area (Å²) in [6, 6.07) is -0.0221. The monoisotopic (exact) mass is 298 g/mol. The third kappa shape index (κ3) is 3.76. The van der Waals surface area contributed by atoms with Crippen LogP contribution in [0.15, 0.2) is 0 Å². The number of nitrogens with zero attached hydrogens (tertiary/aromatic N) is 2. The Kier molecular flexibility index (Phi) is 4.96. The van der Waals surface area contributed by atoms with Gasteiger partial charge in [0, 0.05) is 31.3 Å². The normalized spacial score (nSPS) is 26.1. The second-order valence-electron chi connectivity index (χ2n) is 7.37. The fraction of sp³-hybridized carbons (Fsp3) is 0.938. The highest BCUT2D eigenvalue weighted by molar-refractivity contribution is 5.81. The summed E-state index contributed by atoms with van der Waals surface area (Å²) in [6.07, 6.45) is 2.39. The van der Waals surface area contributed by atoms with Crippen molar-refractivity contribution in [3.05, 3.63) is 0 Å². The average molecular weight is 298 g/mol. The van der Waals surface area contributed by atoms with E-state index in [1.165, 1.54) is 0 Å². The molecule has 0 unspecified atom stereocenters. The number of hydrogen-bond acceptors (Lipinski definition) is 4. The van der Waals surface area contributed by atoms with Gasteiger partial charge in [-0.15, -0.1) is 0 Å². The van der Waals surface area contributed by atoms with Gasteiger partial charge in [-0.3, -0.25) is 9.69 Å². The predicted molar refractivity (Wildman–Crippen MR) is 82.0 cm³/mol. The summed E-state index contributed by atoms with van der Waals surface area (Å²) in [7, 11) is 3.93. The highest BCUT2D eigenvalue weighted by atomic mass is 16.7. The second-order valence-corrected chi connectivity index (χ2v) is 7.37. The number of hydrogen-bond donors (Lipinski definition) is 0. The van der Waals surface area contributed by atoms with E-state index in [9.17, 15) is 4.79 Å². The number of carbonyl (C=O) groups is 1. The number of carbonyl (C=O) groups excluding carboxylic acids is 1. The zero-order valence-electron chi connectivity index (χ0n) is 14.1. The maximum Gasteiger partial charge on any atom is 0.239 e. The van der Waals surface area contributed by atoms with Crippen LogP contribution in [0.1, 0.15) is 40.0 Å². The Morgan fingerprint density at radius 2 is 1.71 bits per heavy atom. The zero-order valence-corrected chi connectivity index (χ0v) is 14.1. The van der Waals surface area contributed by atoms with Crippen LogP contribution >= 0.6 is 0 Å². The first kappa shape index (κ1) is 16.7. The average Bonchev–Trinajstić information content (AvgIpc) is 2.44. The Hall–Kier alpha value is -0.650. The van der Waals surface area contributed by atoms with Crippen LogP contribution in [0.2, 0.25) is 0 Å². The molecule has 0 bridgehead atoms. The molecule has 2 rings (SSSR count). The van der Waals surface area contributed by atoms with Crippen molar-refractivity contribution in [2.45, 2.75) is 51.9 Å². The molecule has 0 aromatic heterocycles. The van der Waals surface area contributed by atoms with Crippen molar-refractivity contribution in [2.75, 3.05) is 40.4 Å². The molecule has 0 N–H and O–H groups in total. The first-order chi connectivity index (χ1) is 9.79. The van der Waals surface area contributed by atoms with Crippen molar-refractivity contribution in [3.63, 3.8) is 0 Å². The van der Waals surface area contributed by atoms with Crippen molar-refractivity contribution in [2.24, 2.45) is 5.41 Å². The van der Waals surface area contributed by atoms with E-state index in [1.807, 2.05) is 23.9 Å². The molecule has 0 aliphatic carbocycles. The first-order valence-electron chi connectivity index (χ1n) is 8.02. The van der Waals surface area contributed by atoms with Crippen LogP contribution in [0.4, 0.5) is 0 Å². The number of likely N-dealkylation sites (tertiary alicyclic amines) is 1. The molecular weight excluding hydrogens is 268 g/mol. The Balaban J connectivity index is 1.90. The quantitative estimate of drug-likeness (QED) is 0.795. The van der Waals surface area contributed by atoms with Crippen molar-refractivity contribution < 1.29 is 14.3 Å². The lowest BCUT2D eigenvalue weighted by Crippen LogP contribution is -2.56. The minimum atomic E-state index is -0.452. The minimum absolute atomic E-state index is 0.0221. The molecule has 122 valence electrons. The van der Waals surface area contributed by atoms with Crippen LogP contribution in [-0.2, 0) is 14.3 Å². The summed E-state index contributed by atoms with van der Waals surface area (Å²) in [5.74, 6) is -0.222. The van der Waals surface area contributed by atoms with E-state index in [1.54, 1.807) is 0 Å². The van der Waals surface area contributed by atoms with Gasteiger partial charge in [-0.25, -0.2) is 0 Å². The van der Waals surface area contributed by atoms with Crippen LogP contribution in [0.25, 0.3) is 0 Å². The number of likely N-dealkylation sites (N-methyl/N-ethyl adjacent to an activating group) is 1. The van der Waals surface area contributed by atoms with E-state index in [-0.39, 0.29) is 17.4 Å². The van der Waals surface area contributed by atoms with Gasteiger partial charge in [-0.1, -0.05) is 20.8 Å². The van der Waals surface area contributed by atoms with E-state index in [2.05, 4.69) is 20.8 Å². The van der Waals surface area contributed by atoms with Crippen molar-refractivity contribution in [3.8, 4) is 0 Å². The molecule has 1 atom stereocenters. The maximum absolute atomic E-state index is 12.5. The van der Waals surface area contributed by atoms with Crippen LogP contribution in [-0.4, -0.2) is 67.9 Å². The summed E-state index contributed by atoms with van der Waals surface area (Å²) < 4.78 is 12.0. The molecule has 0 aromatic rings. The highest BCUT2D eigenvalue weighted by Crippen LogP contribution is 2.36. The van der Waals surface area contributed by atoms with Crippen molar-refractivity contribution >= 4 is 5.91 Å². The second kappa shape index (κ2) is 6.23. The van der Waals surface area contributed by atoms with Gasteiger partial charge in [0.05, 0.1) is 19.3 Å². The maximum atomic E-state index is 12.5.